The van der Waals surface area contributed by atoms with E-state index in [1.54, 1.807) is 22.8 Å². The first kappa shape index (κ1) is 24.1. The summed E-state index contributed by atoms with van der Waals surface area (Å²) in [6.07, 6.45) is 5.87. The number of hydrogen-bond acceptors (Lipinski definition) is 12. The van der Waals surface area contributed by atoms with E-state index in [0.717, 1.165) is 17.2 Å². The van der Waals surface area contributed by atoms with E-state index in [1.165, 1.54) is 23.8 Å². The van der Waals surface area contributed by atoms with Crippen LogP contribution in [0.5, 0.6) is 0 Å². The summed E-state index contributed by atoms with van der Waals surface area (Å²) in [7, 11) is 1.28. The lowest BCUT2D eigenvalue weighted by molar-refractivity contribution is -0.150. The monoisotopic (exact) mass is 550 g/mol. The van der Waals surface area contributed by atoms with Gasteiger partial charge in [-0.05, 0) is 11.6 Å². The minimum Gasteiger partial charge on any atom is -0.477 e. The zero-order valence-corrected chi connectivity index (χ0v) is 21.0. The second-order valence-corrected chi connectivity index (χ2v) is 10.3. The van der Waals surface area contributed by atoms with Gasteiger partial charge < -0.3 is 25.9 Å². The summed E-state index contributed by atoms with van der Waals surface area (Å²) in [4.78, 5) is 50.0. The zero-order chi connectivity index (χ0) is 25.6. The van der Waals surface area contributed by atoms with E-state index in [1.807, 2.05) is 11.0 Å². The average Bonchev–Trinajstić information content (AvgIpc) is 3.45. The predicted molar refractivity (Wildman–Crippen MR) is 133 cm³/mol. The molecule has 2 atom stereocenters. The van der Waals surface area contributed by atoms with Crippen molar-refractivity contribution in [2.45, 2.75) is 17.8 Å². The number of carboxylic acid groups (broad SMARTS) is 1. The molecule has 0 radical (unpaired) electrons. The van der Waals surface area contributed by atoms with E-state index in [2.05, 4.69) is 20.6 Å². The van der Waals surface area contributed by atoms with Crippen LogP contribution in [0.4, 0.5) is 5.13 Å². The van der Waals surface area contributed by atoms with Crippen molar-refractivity contribution in [3.05, 3.63) is 46.6 Å². The Morgan fingerprint density at radius 2 is 2.22 bits per heavy atom. The van der Waals surface area contributed by atoms with Gasteiger partial charge in [0.1, 0.15) is 40.9 Å². The van der Waals surface area contributed by atoms with Crippen molar-refractivity contribution in [2.75, 3.05) is 25.1 Å². The molecule has 1 saturated heterocycles. The minimum atomic E-state index is -1.22. The molecule has 0 saturated carbocycles. The number of oxime groups is 1. The maximum atomic E-state index is 13.0. The number of aliphatic carboxylic acids is 1. The quantitative estimate of drug-likeness (QED) is 0.250. The molecule has 1 aromatic rings. The molecule has 5 rings (SSSR count). The first-order chi connectivity index (χ1) is 17.3. The Morgan fingerprint density at radius 1 is 1.42 bits per heavy atom. The van der Waals surface area contributed by atoms with Gasteiger partial charge in [0.25, 0.3) is 11.8 Å². The fourth-order valence-electron chi connectivity index (χ4n) is 4.10. The fraction of sp³-hybridized carbons (Fsp3) is 0.300. The molecule has 0 bridgehead atoms. The van der Waals surface area contributed by atoms with Crippen LogP contribution in [0.15, 0.2) is 51.2 Å². The standard InChI is InChI=1S/C20H19ClN8O5S2/c1-34-26-13(10-8-36-20(22)23-10)16(30)24-14-17(31)29-15(19(32)33)9(7-35-18(14)29)6-27-4-5-28-12(27)3-2-11(21)25-28/h3-5,8,14,18H,2,6-7H2,1H3,(H2,22,23)(H,24,30)(H,32,33)/t14-,18+/m1/s1. The number of thiazole rings is 1. The molecule has 2 amide bonds. The topological polar surface area (TPSA) is 166 Å². The van der Waals surface area contributed by atoms with Crippen LogP contribution in [0.2, 0.25) is 0 Å². The summed E-state index contributed by atoms with van der Waals surface area (Å²) in [6, 6.07) is -0.934. The SMILES string of the molecule is CON=C(C(=O)N[C@@H]1C(=O)N2C(C(=O)O)=C(CN3C=CN4N=C(Cl)CC=C34)CS[C@@H]12)c1csc(N)n1. The van der Waals surface area contributed by atoms with E-state index in [9.17, 15) is 19.5 Å². The number of nitrogens with zero attached hydrogens (tertiary/aromatic N) is 6. The molecule has 0 unspecified atom stereocenters. The fourth-order valence-corrected chi connectivity index (χ4v) is 6.14. The molecule has 16 heteroatoms. The summed E-state index contributed by atoms with van der Waals surface area (Å²) in [5.41, 5.74) is 6.20. The predicted octanol–water partition coefficient (Wildman–Crippen LogP) is 0.701. The Labute approximate surface area is 217 Å². The molecule has 5 heterocycles. The third-order valence-electron chi connectivity index (χ3n) is 5.65. The highest BCUT2D eigenvalue weighted by atomic mass is 35.5. The van der Waals surface area contributed by atoms with Crippen LogP contribution in [0.3, 0.4) is 0 Å². The number of rotatable bonds is 7. The maximum Gasteiger partial charge on any atom is 0.352 e. The maximum absolute atomic E-state index is 13.0. The van der Waals surface area contributed by atoms with Gasteiger partial charge >= 0.3 is 5.97 Å². The molecule has 36 heavy (non-hydrogen) atoms. The van der Waals surface area contributed by atoms with Crippen molar-refractivity contribution in [3.8, 4) is 0 Å². The summed E-state index contributed by atoms with van der Waals surface area (Å²) in [5.74, 6) is -1.32. The molecule has 4 N–H and O–H groups in total. The number of allylic oxidation sites excluding steroid dienone is 1. The molecule has 188 valence electrons. The van der Waals surface area contributed by atoms with Gasteiger partial charge in [0.15, 0.2) is 10.8 Å². The van der Waals surface area contributed by atoms with E-state index >= 15 is 0 Å². The van der Waals surface area contributed by atoms with E-state index < -0.39 is 29.2 Å². The lowest BCUT2D eigenvalue weighted by Gasteiger charge is -2.49. The zero-order valence-electron chi connectivity index (χ0n) is 18.6. The minimum absolute atomic E-state index is 0.0860. The van der Waals surface area contributed by atoms with Crippen molar-refractivity contribution in [1.29, 1.82) is 0 Å². The van der Waals surface area contributed by atoms with Crippen LogP contribution < -0.4 is 11.1 Å². The largest absolute Gasteiger partial charge is 0.477 e. The number of carboxylic acids is 1. The molecule has 4 aliphatic rings. The van der Waals surface area contributed by atoms with Crippen LogP contribution in [0.25, 0.3) is 0 Å². The van der Waals surface area contributed by atoms with Gasteiger partial charge in [-0.15, -0.1) is 23.1 Å². The molecule has 0 spiro atoms. The third-order valence-corrected chi connectivity index (χ3v) is 7.89. The van der Waals surface area contributed by atoms with Gasteiger partial charge in [0.2, 0.25) is 0 Å². The number of hydrazone groups is 1. The number of thioether (sulfide) groups is 1. The average molecular weight is 551 g/mol. The molecule has 1 aromatic heterocycles. The number of halogens is 1. The van der Waals surface area contributed by atoms with Gasteiger partial charge in [-0.3, -0.25) is 14.5 Å². The van der Waals surface area contributed by atoms with Crippen LogP contribution in [-0.4, -0.2) is 84.4 Å². The van der Waals surface area contributed by atoms with Crippen molar-refractivity contribution in [1.82, 2.24) is 25.1 Å². The highest BCUT2D eigenvalue weighted by molar-refractivity contribution is 8.00. The molecule has 0 aliphatic carbocycles. The second-order valence-electron chi connectivity index (χ2n) is 7.83. The normalized spacial score (nSPS) is 23.1. The van der Waals surface area contributed by atoms with Gasteiger partial charge in [0.05, 0.1) is 0 Å². The summed E-state index contributed by atoms with van der Waals surface area (Å²) in [5, 5.41) is 23.8. The number of carbonyl (C=O) groups is 3. The number of amides is 2. The molecular weight excluding hydrogens is 532 g/mol. The number of hydrogen-bond donors (Lipinski definition) is 3. The number of aromatic nitrogens is 1. The first-order valence-electron chi connectivity index (χ1n) is 10.5. The summed E-state index contributed by atoms with van der Waals surface area (Å²) >= 11 is 8.49. The lowest BCUT2D eigenvalue weighted by atomic mass is 10.0. The van der Waals surface area contributed by atoms with Crippen molar-refractivity contribution in [3.63, 3.8) is 0 Å². The van der Waals surface area contributed by atoms with Crippen LogP contribution in [0.1, 0.15) is 12.1 Å². The lowest BCUT2D eigenvalue weighted by Crippen LogP contribution is -2.71. The van der Waals surface area contributed by atoms with Crippen LogP contribution >= 0.6 is 34.7 Å². The molecule has 13 nitrogen and oxygen atoms in total. The van der Waals surface area contributed by atoms with Crippen LogP contribution in [0, 0.1) is 0 Å². The van der Waals surface area contributed by atoms with Crippen molar-refractivity contribution >= 4 is 68.5 Å². The number of fused-ring (bicyclic) bond motifs is 2. The number of carbonyl (C=O) groups excluding carboxylic acids is 2. The summed E-state index contributed by atoms with van der Waals surface area (Å²) in [6.45, 7) is 0.254. The summed E-state index contributed by atoms with van der Waals surface area (Å²) < 4.78 is 0. The highest BCUT2D eigenvalue weighted by Crippen LogP contribution is 2.41. The Hall–Kier alpha value is -3.56. The first-order valence-corrected chi connectivity index (χ1v) is 12.8. The van der Waals surface area contributed by atoms with E-state index in [4.69, 9.17) is 22.2 Å². The van der Waals surface area contributed by atoms with Crippen LogP contribution in [-0.2, 0) is 19.2 Å². The Bertz CT molecular complexity index is 1300. The molecule has 4 aliphatic heterocycles. The second kappa shape index (κ2) is 9.48. The third kappa shape index (κ3) is 4.18. The number of nitrogens with one attached hydrogen (secondary N) is 1. The number of nitrogen functional groups attached to an aromatic ring is 1. The van der Waals surface area contributed by atoms with Gasteiger partial charge in [0, 0.05) is 36.5 Å². The van der Waals surface area contributed by atoms with E-state index in [0.29, 0.717) is 22.9 Å². The number of β-lactam (4-membered cyclic amide) rings is 1. The van der Waals surface area contributed by atoms with Gasteiger partial charge in [-0.2, -0.15) is 5.10 Å². The smallest absolute Gasteiger partial charge is 0.352 e. The molecule has 0 aromatic carbocycles. The Balaban J connectivity index is 1.32. The van der Waals surface area contributed by atoms with Gasteiger partial charge in [-0.1, -0.05) is 16.8 Å². The van der Waals surface area contributed by atoms with Crippen molar-refractivity contribution < 1.29 is 24.3 Å². The number of nitrogens with two attached hydrogens (primary N) is 1. The molecule has 1 fully saturated rings. The van der Waals surface area contributed by atoms with Gasteiger partial charge in [-0.25, -0.2) is 14.8 Å². The highest BCUT2D eigenvalue weighted by Gasteiger charge is 2.54. The molecular formula is C20H19ClN8O5S2. The number of anilines is 1. The van der Waals surface area contributed by atoms with Crippen molar-refractivity contribution in [2.24, 2.45) is 10.3 Å². The Kier molecular flexibility index (Phi) is 6.36. The Morgan fingerprint density at radius 3 is 2.92 bits per heavy atom. The van der Waals surface area contributed by atoms with E-state index in [-0.39, 0.29) is 28.8 Å².